The number of rotatable bonds is 0. The summed E-state index contributed by atoms with van der Waals surface area (Å²) in [7, 11) is 1.71. The lowest BCUT2D eigenvalue weighted by Gasteiger charge is -2.31. The van der Waals surface area contributed by atoms with Gasteiger partial charge in [0.15, 0.2) is 0 Å². The summed E-state index contributed by atoms with van der Waals surface area (Å²) in [6, 6.07) is 0. The summed E-state index contributed by atoms with van der Waals surface area (Å²) in [5.41, 5.74) is 0. The van der Waals surface area contributed by atoms with Crippen molar-refractivity contribution in [2.45, 2.75) is 19.3 Å². The molecule has 0 aromatic heterocycles. The first-order chi connectivity index (χ1) is 6.13. The molecule has 0 aromatic rings. The van der Waals surface area contributed by atoms with Crippen molar-refractivity contribution in [2.75, 3.05) is 7.05 Å². The lowest BCUT2D eigenvalue weighted by molar-refractivity contribution is -0.150. The fourth-order valence-electron chi connectivity index (χ4n) is 1.86. The van der Waals surface area contributed by atoms with E-state index < -0.39 is 6.23 Å². The van der Waals surface area contributed by atoms with Gasteiger partial charge in [0.05, 0.1) is 0 Å². The van der Waals surface area contributed by atoms with Gasteiger partial charge in [0.1, 0.15) is 12.4 Å². The van der Waals surface area contributed by atoms with Crippen LogP contribution in [0.4, 0.5) is 0 Å². The molecule has 72 valence electrons. The van der Waals surface area contributed by atoms with Gasteiger partial charge in [0, 0.05) is 25.2 Å². The largest absolute Gasteiger partial charge is 0.376 e. The fourth-order valence-corrected chi connectivity index (χ4v) is 1.86. The molecule has 0 bridgehead atoms. The molecule has 0 aromatic carbocycles. The first-order valence-electron chi connectivity index (χ1n) is 4.29. The highest BCUT2D eigenvalue weighted by molar-refractivity contribution is 5.88. The summed E-state index contributed by atoms with van der Waals surface area (Å²) in [4.78, 5) is 11.4. The predicted molar refractivity (Wildman–Crippen MR) is 45.8 cm³/mol. The molecule has 0 radical (unpaired) electrons. The van der Waals surface area contributed by atoms with Crippen LogP contribution in [0.5, 0.6) is 0 Å². The third-order valence-corrected chi connectivity index (χ3v) is 2.67. The van der Waals surface area contributed by atoms with Crippen molar-refractivity contribution in [2.24, 2.45) is 5.92 Å². The van der Waals surface area contributed by atoms with E-state index in [0.717, 1.165) is 0 Å². The first-order valence-corrected chi connectivity index (χ1v) is 4.29. The van der Waals surface area contributed by atoms with Gasteiger partial charge in [-0.15, -0.1) is 0 Å². The zero-order valence-electron chi connectivity index (χ0n) is 7.64. The second-order valence-electron chi connectivity index (χ2n) is 3.47. The van der Waals surface area contributed by atoms with E-state index in [-0.39, 0.29) is 18.0 Å². The number of fused-ring (bicyclic) bond motifs is 1. The Hall–Kier alpha value is -1.07. The Kier molecular flexibility index (Phi) is 1.78. The van der Waals surface area contributed by atoms with Gasteiger partial charge in [-0.3, -0.25) is 4.79 Å². The Morgan fingerprint density at radius 3 is 2.92 bits per heavy atom. The highest BCUT2D eigenvalue weighted by Gasteiger charge is 2.45. The third-order valence-electron chi connectivity index (χ3n) is 2.67. The van der Waals surface area contributed by atoms with Crippen molar-refractivity contribution < 1.29 is 9.90 Å². The summed E-state index contributed by atoms with van der Waals surface area (Å²) >= 11 is 0. The molecule has 2 rings (SSSR count). The Morgan fingerprint density at radius 1 is 1.62 bits per heavy atom. The maximum absolute atomic E-state index is 11.4. The SMILES string of the molecule is CC1C(O)N(C)N2C(=O)C=CNC12. The third kappa shape index (κ3) is 1.04. The molecular weight excluding hydrogens is 170 g/mol. The van der Waals surface area contributed by atoms with Gasteiger partial charge in [-0.2, -0.15) is 5.01 Å². The normalized spacial score (nSPS) is 39.2. The van der Waals surface area contributed by atoms with E-state index in [0.29, 0.717) is 0 Å². The average molecular weight is 183 g/mol. The molecule has 2 N–H and O–H groups in total. The van der Waals surface area contributed by atoms with Crippen LogP contribution in [0, 0.1) is 5.92 Å². The van der Waals surface area contributed by atoms with Gasteiger partial charge in [-0.1, -0.05) is 6.92 Å². The smallest absolute Gasteiger partial charge is 0.264 e. The maximum Gasteiger partial charge on any atom is 0.264 e. The highest BCUT2D eigenvalue weighted by atomic mass is 16.3. The zero-order chi connectivity index (χ0) is 9.59. The molecule has 1 amide bonds. The maximum atomic E-state index is 11.4. The number of aliphatic hydroxyl groups excluding tert-OH is 1. The molecule has 1 saturated heterocycles. The summed E-state index contributed by atoms with van der Waals surface area (Å²) in [5, 5.41) is 15.8. The minimum atomic E-state index is -0.596. The van der Waals surface area contributed by atoms with Gasteiger partial charge >= 0.3 is 0 Å². The van der Waals surface area contributed by atoms with E-state index in [1.54, 1.807) is 18.3 Å². The number of amides is 1. The summed E-state index contributed by atoms with van der Waals surface area (Å²) in [6.45, 7) is 1.91. The number of hydrazine groups is 1. The van der Waals surface area contributed by atoms with Crippen molar-refractivity contribution >= 4 is 5.91 Å². The van der Waals surface area contributed by atoms with Crippen molar-refractivity contribution in [3.8, 4) is 0 Å². The lowest BCUT2D eigenvalue weighted by Crippen LogP contribution is -2.51. The van der Waals surface area contributed by atoms with E-state index in [1.165, 1.54) is 11.1 Å². The van der Waals surface area contributed by atoms with Crippen LogP contribution >= 0.6 is 0 Å². The van der Waals surface area contributed by atoms with Crippen LogP contribution in [0.15, 0.2) is 12.3 Å². The number of aliphatic hydroxyl groups is 1. The highest BCUT2D eigenvalue weighted by Crippen LogP contribution is 2.27. The van der Waals surface area contributed by atoms with Crippen LogP contribution in [-0.4, -0.2) is 40.5 Å². The van der Waals surface area contributed by atoms with E-state index in [2.05, 4.69) is 5.32 Å². The van der Waals surface area contributed by atoms with E-state index in [4.69, 9.17) is 0 Å². The van der Waals surface area contributed by atoms with Crippen molar-refractivity contribution in [1.82, 2.24) is 15.3 Å². The zero-order valence-corrected chi connectivity index (χ0v) is 7.64. The molecule has 5 heteroatoms. The number of nitrogens with one attached hydrogen (secondary N) is 1. The molecule has 0 saturated carbocycles. The van der Waals surface area contributed by atoms with Gasteiger partial charge in [0.2, 0.25) is 0 Å². The Morgan fingerprint density at radius 2 is 2.31 bits per heavy atom. The molecule has 3 unspecified atom stereocenters. The molecule has 13 heavy (non-hydrogen) atoms. The minimum absolute atomic E-state index is 0.0129. The lowest BCUT2D eigenvalue weighted by atomic mass is 10.1. The fraction of sp³-hybridized carbons (Fsp3) is 0.625. The second-order valence-corrected chi connectivity index (χ2v) is 3.47. The monoisotopic (exact) mass is 183 g/mol. The van der Waals surface area contributed by atoms with E-state index >= 15 is 0 Å². The molecule has 2 heterocycles. The van der Waals surface area contributed by atoms with Gasteiger partial charge in [-0.25, -0.2) is 5.01 Å². The molecule has 2 aliphatic heterocycles. The predicted octanol–water partition coefficient (Wildman–Crippen LogP) is -0.927. The quantitative estimate of drug-likeness (QED) is 0.509. The number of hydrogen-bond acceptors (Lipinski definition) is 4. The van der Waals surface area contributed by atoms with Gasteiger partial charge < -0.3 is 10.4 Å². The van der Waals surface area contributed by atoms with Crippen LogP contribution in [0.2, 0.25) is 0 Å². The van der Waals surface area contributed by atoms with Crippen LogP contribution in [0.3, 0.4) is 0 Å². The Balaban J connectivity index is 2.30. The van der Waals surface area contributed by atoms with Gasteiger partial charge in [0.25, 0.3) is 5.91 Å². The van der Waals surface area contributed by atoms with Crippen molar-refractivity contribution in [1.29, 1.82) is 0 Å². The number of hydrogen-bond donors (Lipinski definition) is 2. The molecule has 1 fully saturated rings. The van der Waals surface area contributed by atoms with Gasteiger partial charge in [-0.05, 0) is 0 Å². The molecule has 5 nitrogen and oxygen atoms in total. The van der Waals surface area contributed by atoms with E-state index in [9.17, 15) is 9.90 Å². The minimum Gasteiger partial charge on any atom is -0.376 e. The molecule has 0 spiro atoms. The summed E-state index contributed by atoms with van der Waals surface area (Å²) < 4.78 is 0. The number of carbonyl (C=O) groups is 1. The average Bonchev–Trinajstić information content (AvgIpc) is 2.33. The first kappa shape index (κ1) is 8.52. The molecular formula is C8H13N3O2. The van der Waals surface area contributed by atoms with Crippen molar-refractivity contribution in [3.05, 3.63) is 12.3 Å². The van der Waals surface area contributed by atoms with Crippen LogP contribution in [0.1, 0.15) is 6.92 Å². The van der Waals surface area contributed by atoms with Crippen LogP contribution < -0.4 is 5.32 Å². The summed E-state index contributed by atoms with van der Waals surface area (Å²) in [5.74, 6) is -0.0754. The second kappa shape index (κ2) is 2.71. The molecule has 3 atom stereocenters. The van der Waals surface area contributed by atoms with E-state index in [1.807, 2.05) is 6.92 Å². The standard InChI is InChI=1S/C8H13N3O2/c1-5-7-9-4-3-6(12)11(7)10(2)8(5)13/h3-5,7-9,13H,1-2H3. The number of carbonyl (C=O) groups excluding carboxylic acids is 1. The Labute approximate surface area is 76.6 Å². The number of nitrogens with zero attached hydrogens (tertiary/aromatic N) is 2. The molecule has 0 aliphatic carbocycles. The van der Waals surface area contributed by atoms with Crippen LogP contribution in [0.25, 0.3) is 0 Å². The molecule has 2 aliphatic rings. The topological polar surface area (TPSA) is 55.8 Å². The Bertz CT molecular complexity index is 266. The van der Waals surface area contributed by atoms with Crippen LogP contribution in [-0.2, 0) is 4.79 Å². The summed E-state index contributed by atoms with van der Waals surface area (Å²) in [6.07, 6.45) is 2.38. The van der Waals surface area contributed by atoms with Crippen molar-refractivity contribution in [3.63, 3.8) is 0 Å².